The summed E-state index contributed by atoms with van der Waals surface area (Å²) in [6.45, 7) is 3.73. The summed E-state index contributed by atoms with van der Waals surface area (Å²) < 4.78 is 0. The Morgan fingerprint density at radius 1 is 1.73 bits per heavy atom. The van der Waals surface area contributed by atoms with E-state index in [-0.39, 0.29) is 11.9 Å². The molecule has 1 atom stereocenters. The highest BCUT2D eigenvalue weighted by Crippen LogP contribution is 1.93. The third kappa shape index (κ3) is 3.36. The molecule has 4 heteroatoms. The van der Waals surface area contributed by atoms with Gasteiger partial charge in [-0.2, -0.15) is 5.26 Å². The van der Waals surface area contributed by atoms with Crippen molar-refractivity contribution in [3.8, 4) is 6.07 Å². The Hall–Kier alpha value is -1.37. The lowest BCUT2D eigenvalue weighted by Gasteiger charge is -2.03. The highest BCUT2D eigenvalue weighted by Gasteiger charge is 2.07. The number of aliphatic imine (C=N–C) groups is 1. The van der Waals surface area contributed by atoms with Crippen molar-refractivity contribution in [1.29, 1.82) is 10.7 Å². The normalized spacial score (nSPS) is 14.2. The monoisotopic (exact) mass is 152 g/mol. The van der Waals surface area contributed by atoms with Gasteiger partial charge >= 0.3 is 0 Å². The molecular weight excluding hydrogens is 140 g/mol. The van der Waals surface area contributed by atoms with E-state index in [1.165, 1.54) is 0 Å². The zero-order valence-electron chi connectivity index (χ0n) is 6.70. The SMILES string of the molecule is CC(C)N=C(N)C(C#N)C=N. The van der Waals surface area contributed by atoms with Gasteiger partial charge in [0.25, 0.3) is 0 Å². The zero-order chi connectivity index (χ0) is 8.85. The first-order valence-electron chi connectivity index (χ1n) is 3.35. The largest absolute Gasteiger partial charge is 0.386 e. The van der Waals surface area contributed by atoms with Gasteiger partial charge in [0.1, 0.15) is 11.8 Å². The summed E-state index contributed by atoms with van der Waals surface area (Å²) in [5.74, 6) is -0.449. The van der Waals surface area contributed by atoms with Crippen molar-refractivity contribution in [3.63, 3.8) is 0 Å². The van der Waals surface area contributed by atoms with E-state index in [1.807, 2.05) is 19.9 Å². The van der Waals surface area contributed by atoms with E-state index >= 15 is 0 Å². The van der Waals surface area contributed by atoms with Crippen LogP contribution in [0.15, 0.2) is 4.99 Å². The van der Waals surface area contributed by atoms with Crippen molar-refractivity contribution < 1.29 is 0 Å². The van der Waals surface area contributed by atoms with Crippen LogP contribution in [0.1, 0.15) is 13.8 Å². The van der Waals surface area contributed by atoms with Crippen LogP contribution in [0.3, 0.4) is 0 Å². The zero-order valence-corrected chi connectivity index (χ0v) is 6.70. The molecule has 0 rings (SSSR count). The molecule has 60 valence electrons. The molecule has 0 aliphatic rings. The second-order valence-electron chi connectivity index (χ2n) is 2.42. The summed E-state index contributed by atoms with van der Waals surface area (Å²) in [7, 11) is 0. The van der Waals surface area contributed by atoms with Crippen LogP contribution in [-0.4, -0.2) is 18.1 Å². The van der Waals surface area contributed by atoms with Gasteiger partial charge in [0, 0.05) is 12.3 Å². The van der Waals surface area contributed by atoms with Crippen LogP contribution in [0.25, 0.3) is 0 Å². The lowest BCUT2D eigenvalue weighted by Crippen LogP contribution is -2.24. The highest BCUT2D eigenvalue weighted by atomic mass is 14.9. The number of amidine groups is 1. The maximum atomic E-state index is 8.45. The Bertz CT molecular complexity index is 199. The van der Waals surface area contributed by atoms with Crippen LogP contribution in [0.2, 0.25) is 0 Å². The van der Waals surface area contributed by atoms with E-state index in [2.05, 4.69) is 4.99 Å². The number of nitrogens with two attached hydrogens (primary N) is 1. The molecule has 0 heterocycles. The lowest BCUT2D eigenvalue weighted by atomic mass is 10.2. The van der Waals surface area contributed by atoms with Crippen molar-refractivity contribution >= 4 is 12.1 Å². The van der Waals surface area contributed by atoms with Crippen LogP contribution in [-0.2, 0) is 0 Å². The summed E-state index contributed by atoms with van der Waals surface area (Å²) in [5.41, 5.74) is 5.42. The molecule has 0 radical (unpaired) electrons. The molecule has 3 N–H and O–H groups in total. The summed E-state index contributed by atoms with van der Waals surface area (Å²) in [6, 6.07) is 1.93. The smallest absolute Gasteiger partial charge is 0.137 e. The Balaban J connectivity index is 4.34. The number of hydrogen-bond acceptors (Lipinski definition) is 3. The van der Waals surface area contributed by atoms with Gasteiger partial charge in [-0.05, 0) is 13.8 Å². The standard InChI is InChI=1S/C7H12N4/c1-5(2)11-7(10)6(3-8)4-9/h3,5-6,8H,1-2H3,(H2,10,11). The minimum Gasteiger partial charge on any atom is -0.386 e. The van der Waals surface area contributed by atoms with E-state index in [0.717, 1.165) is 6.21 Å². The first-order chi connectivity index (χ1) is 5.11. The van der Waals surface area contributed by atoms with Gasteiger partial charge in [-0.25, -0.2) is 0 Å². The summed E-state index contributed by atoms with van der Waals surface area (Å²) in [5, 5.41) is 15.3. The van der Waals surface area contributed by atoms with Gasteiger partial charge in [-0.1, -0.05) is 0 Å². The van der Waals surface area contributed by atoms with E-state index in [0.29, 0.717) is 0 Å². The van der Waals surface area contributed by atoms with Gasteiger partial charge in [0.15, 0.2) is 0 Å². The summed E-state index contributed by atoms with van der Waals surface area (Å²) >= 11 is 0. The van der Waals surface area contributed by atoms with Crippen LogP contribution in [0.5, 0.6) is 0 Å². The van der Waals surface area contributed by atoms with Gasteiger partial charge in [0.2, 0.25) is 0 Å². The number of nitriles is 1. The third-order valence-corrected chi connectivity index (χ3v) is 1.03. The molecule has 4 nitrogen and oxygen atoms in total. The first-order valence-corrected chi connectivity index (χ1v) is 3.35. The van der Waals surface area contributed by atoms with Gasteiger partial charge in [-0.15, -0.1) is 0 Å². The first kappa shape index (κ1) is 9.63. The highest BCUT2D eigenvalue weighted by molar-refractivity contribution is 5.97. The van der Waals surface area contributed by atoms with Crippen LogP contribution >= 0.6 is 0 Å². The molecule has 0 saturated heterocycles. The summed E-state index contributed by atoms with van der Waals surface area (Å²) in [6.07, 6.45) is 0.987. The maximum absolute atomic E-state index is 8.45. The second kappa shape index (κ2) is 4.45. The maximum Gasteiger partial charge on any atom is 0.137 e. The molecule has 1 unspecified atom stereocenters. The van der Waals surface area contributed by atoms with Crippen molar-refractivity contribution in [1.82, 2.24) is 0 Å². The van der Waals surface area contributed by atoms with Crippen molar-refractivity contribution in [2.75, 3.05) is 0 Å². The number of hydrogen-bond donors (Lipinski definition) is 2. The Morgan fingerprint density at radius 2 is 2.27 bits per heavy atom. The molecule has 0 aromatic carbocycles. The average Bonchev–Trinajstić information content (AvgIpc) is 1.88. The predicted octanol–water partition coefficient (Wildman–Crippen LogP) is 0.541. The van der Waals surface area contributed by atoms with Gasteiger partial charge in [0.05, 0.1) is 6.07 Å². The molecular formula is C7H12N4. The molecule has 0 aromatic rings. The van der Waals surface area contributed by atoms with Gasteiger partial charge < -0.3 is 11.1 Å². The molecule has 0 amide bonds. The number of nitrogens with one attached hydrogen (secondary N) is 1. The fourth-order valence-electron chi connectivity index (χ4n) is 0.567. The predicted molar refractivity (Wildman–Crippen MR) is 44.6 cm³/mol. The van der Waals surface area contributed by atoms with Crippen molar-refractivity contribution in [2.24, 2.45) is 16.6 Å². The Morgan fingerprint density at radius 3 is 2.55 bits per heavy atom. The van der Waals surface area contributed by atoms with Crippen LogP contribution in [0, 0.1) is 22.7 Å². The topological polar surface area (TPSA) is 86.0 Å². The minimum absolute atomic E-state index is 0.0748. The molecule has 0 bridgehead atoms. The van der Waals surface area contributed by atoms with E-state index in [1.54, 1.807) is 0 Å². The Kier molecular flexibility index (Phi) is 3.89. The number of nitrogens with zero attached hydrogens (tertiary/aromatic N) is 2. The van der Waals surface area contributed by atoms with Crippen molar-refractivity contribution in [2.45, 2.75) is 19.9 Å². The molecule has 0 fully saturated rings. The molecule has 11 heavy (non-hydrogen) atoms. The minimum atomic E-state index is -0.669. The van der Waals surface area contributed by atoms with Gasteiger partial charge in [-0.3, -0.25) is 4.99 Å². The van der Waals surface area contributed by atoms with E-state index < -0.39 is 5.92 Å². The number of rotatable bonds is 3. The van der Waals surface area contributed by atoms with E-state index in [4.69, 9.17) is 16.4 Å². The second-order valence-corrected chi connectivity index (χ2v) is 2.42. The van der Waals surface area contributed by atoms with Crippen LogP contribution < -0.4 is 5.73 Å². The molecule has 0 saturated carbocycles. The molecule has 0 aromatic heterocycles. The lowest BCUT2D eigenvalue weighted by molar-refractivity contribution is 0.826. The average molecular weight is 152 g/mol. The fraction of sp³-hybridized carbons (Fsp3) is 0.571. The summed E-state index contributed by atoms with van der Waals surface area (Å²) in [4.78, 5) is 3.94. The molecule has 0 aliphatic carbocycles. The van der Waals surface area contributed by atoms with E-state index in [9.17, 15) is 0 Å². The third-order valence-electron chi connectivity index (χ3n) is 1.03. The Labute approximate surface area is 66.2 Å². The van der Waals surface area contributed by atoms with Crippen LogP contribution in [0.4, 0.5) is 0 Å². The quantitative estimate of drug-likeness (QED) is 0.456. The molecule has 0 aliphatic heterocycles. The van der Waals surface area contributed by atoms with Crippen molar-refractivity contribution in [3.05, 3.63) is 0 Å². The molecule has 0 spiro atoms. The fourth-order valence-corrected chi connectivity index (χ4v) is 0.567.